The smallest absolute Gasteiger partial charge is 0.267 e. The summed E-state index contributed by atoms with van der Waals surface area (Å²) in [5.74, 6) is -0.472. The molecule has 0 spiro atoms. The molecule has 13 heavy (non-hydrogen) atoms. The number of pyridine rings is 1. The third-order valence-corrected chi connectivity index (χ3v) is 1.42. The summed E-state index contributed by atoms with van der Waals surface area (Å²) in [6.45, 7) is 5.98. The molecule has 0 aromatic carbocycles. The van der Waals surface area contributed by atoms with Gasteiger partial charge in [-0.2, -0.15) is 0 Å². The Morgan fingerprint density at radius 2 is 2.08 bits per heavy atom. The number of amides is 1. The van der Waals surface area contributed by atoms with Gasteiger partial charge in [0.15, 0.2) is 0 Å². The number of carbonyl (C=O) groups excluding carboxylic acids is 1. The summed E-state index contributed by atoms with van der Waals surface area (Å²) in [6, 6.07) is 5.26. The van der Waals surface area contributed by atoms with Crippen molar-refractivity contribution in [1.29, 1.82) is 0 Å². The molecule has 0 aliphatic rings. The maximum Gasteiger partial charge on any atom is 0.267 e. The van der Waals surface area contributed by atoms with Crippen molar-refractivity contribution in [2.75, 3.05) is 0 Å². The van der Waals surface area contributed by atoms with Crippen LogP contribution in [0.25, 0.3) is 0 Å². The van der Waals surface area contributed by atoms with Crippen LogP contribution in [-0.4, -0.2) is 10.9 Å². The second-order valence-corrected chi connectivity index (χ2v) is 2.23. The minimum Gasteiger partial charge on any atom is -0.364 e. The Bertz CT molecular complexity index is 271. The monoisotopic (exact) mass is 180 g/mol. The van der Waals surface area contributed by atoms with E-state index in [1.54, 1.807) is 12.1 Å². The van der Waals surface area contributed by atoms with Crippen LogP contribution in [0.15, 0.2) is 18.2 Å². The number of nitrogens with zero attached hydrogens (tertiary/aromatic N) is 1. The predicted molar refractivity (Wildman–Crippen MR) is 53.5 cm³/mol. The van der Waals surface area contributed by atoms with E-state index in [4.69, 9.17) is 5.73 Å². The fourth-order valence-electron chi connectivity index (χ4n) is 0.814. The SMILES string of the molecule is CC.CCc1cccc(C(N)=O)n1. The lowest BCUT2D eigenvalue weighted by Gasteiger charge is -1.96. The Balaban J connectivity index is 0.000000671. The van der Waals surface area contributed by atoms with Crippen LogP contribution in [0, 0.1) is 0 Å². The molecular weight excluding hydrogens is 164 g/mol. The van der Waals surface area contributed by atoms with Crippen LogP contribution >= 0.6 is 0 Å². The van der Waals surface area contributed by atoms with E-state index in [0.717, 1.165) is 12.1 Å². The van der Waals surface area contributed by atoms with Crippen molar-refractivity contribution < 1.29 is 4.79 Å². The van der Waals surface area contributed by atoms with E-state index in [9.17, 15) is 4.79 Å². The quantitative estimate of drug-likeness (QED) is 0.754. The zero-order chi connectivity index (χ0) is 10.3. The Labute approximate surface area is 79.0 Å². The lowest BCUT2D eigenvalue weighted by Crippen LogP contribution is -2.13. The largest absolute Gasteiger partial charge is 0.364 e. The first-order chi connectivity index (χ1) is 6.24. The van der Waals surface area contributed by atoms with Crippen LogP contribution < -0.4 is 5.73 Å². The van der Waals surface area contributed by atoms with Crippen LogP contribution in [0.5, 0.6) is 0 Å². The average Bonchev–Trinajstić information content (AvgIpc) is 2.21. The van der Waals surface area contributed by atoms with E-state index >= 15 is 0 Å². The average molecular weight is 180 g/mol. The highest BCUT2D eigenvalue weighted by Crippen LogP contribution is 1.98. The topological polar surface area (TPSA) is 56.0 Å². The van der Waals surface area contributed by atoms with Crippen molar-refractivity contribution in [3.63, 3.8) is 0 Å². The van der Waals surface area contributed by atoms with E-state index in [1.165, 1.54) is 0 Å². The van der Waals surface area contributed by atoms with Gasteiger partial charge in [0.2, 0.25) is 0 Å². The van der Waals surface area contributed by atoms with Gasteiger partial charge in [-0.05, 0) is 18.6 Å². The van der Waals surface area contributed by atoms with Crippen molar-refractivity contribution in [1.82, 2.24) is 4.98 Å². The van der Waals surface area contributed by atoms with E-state index in [-0.39, 0.29) is 0 Å². The number of primary amides is 1. The standard InChI is InChI=1S/C8H10N2O.C2H6/c1-2-6-4-3-5-7(10-6)8(9)11;1-2/h3-5H,2H2,1H3,(H2,9,11);1-2H3. The second kappa shape index (κ2) is 6.17. The Hall–Kier alpha value is -1.38. The number of nitrogens with two attached hydrogens (primary N) is 1. The molecule has 72 valence electrons. The number of hydrogen-bond donors (Lipinski definition) is 1. The number of hydrogen-bond acceptors (Lipinski definition) is 2. The molecule has 1 amide bonds. The van der Waals surface area contributed by atoms with Crippen LogP contribution in [0.4, 0.5) is 0 Å². The number of carbonyl (C=O) groups is 1. The molecule has 1 aromatic heterocycles. The van der Waals surface area contributed by atoms with Gasteiger partial charge in [-0.3, -0.25) is 4.79 Å². The predicted octanol–water partition coefficient (Wildman–Crippen LogP) is 1.77. The van der Waals surface area contributed by atoms with Crippen molar-refractivity contribution in [2.45, 2.75) is 27.2 Å². The van der Waals surface area contributed by atoms with Gasteiger partial charge < -0.3 is 5.73 Å². The first kappa shape index (κ1) is 11.6. The lowest BCUT2D eigenvalue weighted by molar-refractivity contribution is 0.0995. The van der Waals surface area contributed by atoms with Crippen LogP contribution in [0.2, 0.25) is 0 Å². The number of aryl methyl sites for hydroxylation is 1. The van der Waals surface area contributed by atoms with Crippen molar-refractivity contribution >= 4 is 5.91 Å². The van der Waals surface area contributed by atoms with E-state index < -0.39 is 5.91 Å². The fraction of sp³-hybridized carbons (Fsp3) is 0.400. The summed E-state index contributed by atoms with van der Waals surface area (Å²) in [5.41, 5.74) is 6.26. The molecule has 0 saturated heterocycles. The third-order valence-electron chi connectivity index (χ3n) is 1.42. The molecule has 0 radical (unpaired) electrons. The molecule has 1 rings (SSSR count). The summed E-state index contributed by atoms with van der Waals surface area (Å²) in [5, 5.41) is 0. The van der Waals surface area contributed by atoms with Gasteiger partial charge in [0.25, 0.3) is 5.91 Å². The summed E-state index contributed by atoms with van der Waals surface area (Å²) < 4.78 is 0. The molecule has 0 fully saturated rings. The molecule has 0 atom stereocenters. The minimum atomic E-state index is -0.472. The number of rotatable bonds is 2. The molecule has 2 N–H and O–H groups in total. The van der Waals surface area contributed by atoms with Gasteiger partial charge in [-0.1, -0.05) is 26.8 Å². The highest BCUT2D eigenvalue weighted by atomic mass is 16.1. The highest BCUT2D eigenvalue weighted by Gasteiger charge is 2.00. The highest BCUT2D eigenvalue weighted by molar-refractivity contribution is 5.90. The number of aromatic nitrogens is 1. The molecule has 1 heterocycles. The van der Waals surface area contributed by atoms with Gasteiger partial charge in [-0.15, -0.1) is 0 Å². The molecule has 0 aliphatic heterocycles. The van der Waals surface area contributed by atoms with Crippen molar-refractivity contribution in [2.24, 2.45) is 5.73 Å². The maximum absolute atomic E-state index is 10.6. The van der Waals surface area contributed by atoms with Crippen LogP contribution in [0.3, 0.4) is 0 Å². The third kappa shape index (κ3) is 3.69. The second-order valence-electron chi connectivity index (χ2n) is 2.23. The molecule has 0 bridgehead atoms. The first-order valence-electron chi connectivity index (χ1n) is 4.49. The zero-order valence-electron chi connectivity index (χ0n) is 8.37. The first-order valence-corrected chi connectivity index (χ1v) is 4.49. The van der Waals surface area contributed by atoms with Gasteiger partial charge in [0, 0.05) is 5.69 Å². The van der Waals surface area contributed by atoms with E-state index in [0.29, 0.717) is 5.69 Å². The Kier molecular flexibility index (Phi) is 5.52. The molecule has 3 nitrogen and oxygen atoms in total. The fourth-order valence-corrected chi connectivity index (χ4v) is 0.814. The van der Waals surface area contributed by atoms with Crippen molar-refractivity contribution in [3.05, 3.63) is 29.6 Å². The van der Waals surface area contributed by atoms with Gasteiger partial charge in [0.1, 0.15) is 5.69 Å². The summed E-state index contributed by atoms with van der Waals surface area (Å²) in [6.07, 6.45) is 0.821. The maximum atomic E-state index is 10.6. The van der Waals surface area contributed by atoms with Gasteiger partial charge >= 0.3 is 0 Å². The van der Waals surface area contributed by atoms with Gasteiger partial charge in [-0.25, -0.2) is 4.98 Å². The van der Waals surface area contributed by atoms with Crippen LogP contribution in [0.1, 0.15) is 37.0 Å². The zero-order valence-corrected chi connectivity index (χ0v) is 8.37. The van der Waals surface area contributed by atoms with Gasteiger partial charge in [0.05, 0.1) is 0 Å². The molecule has 3 heteroatoms. The molecule has 0 aliphatic carbocycles. The minimum absolute atomic E-state index is 0.337. The molecule has 1 aromatic rings. The van der Waals surface area contributed by atoms with E-state index in [1.807, 2.05) is 26.8 Å². The normalized spacial score (nSPS) is 8.54. The summed E-state index contributed by atoms with van der Waals surface area (Å²) >= 11 is 0. The molecule has 0 unspecified atom stereocenters. The Morgan fingerprint density at radius 3 is 2.54 bits per heavy atom. The molecule has 0 saturated carbocycles. The molecular formula is C10H16N2O. The van der Waals surface area contributed by atoms with E-state index in [2.05, 4.69) is 4.98 Å². The lowest BCUT2D eigenvalue weighted by atomic mass is 10.2. The summed E-state index contributed by atoms with van der Waals surface area (Å²) in [4.78, 5) is 14.6. The Morgan fingerprint density at radius 1 is 1.46 bits per heavy atom. The summed E-state index contributed by atoms with van der Waals surface area (Å²) in [7, 11) is 0. The van der Waals surface area contributed by atoms with Crippen molar-refractivity contribution in [3.8, 4) is 0 Å². The van der Waals surface area contributed by atoms with Crippen LogP contribution in [-0.2, 0) is 6.42 Å².